The number of aliphatic hydroxyl groups excluding tert-OH is 1. The first-order valence-electron chi connectivity index (χ1n) is 8.63. The first-order chi connectivity index (χ1) is 10.5. The summed E-state index contributed by atoms with van der Waals surface area (Å²) in [5, 5.41) is 17.2. The largest absolute Gasteiger partial charge is 0.394 e. The molecule has 0 bridgehead atoms. The number of hydrogen-bond donors (Lipinski definition) is 2. The molecule has 0 amide bonds. The van der Waals surface area contributed by atoms with Gasteiger partial charge in [0.05, 0.1) is 18.8 Å². The molecule has 0 saturated carbocycles. The summed E-state index contributed by atoms with van der Waals surface area (Å²) in [5.74, 6) is 0.671. The van der Waals surface area contributed by atoms with E-state index in [1.165, 1.54) is 37.2 Å². The predicted molar refractivity (Wildman–Crippen MR) is 89.9 cm³/mol. The van der Waals surface area contributed by atoms with Crippen molar-refractivity contribution in [2.45, 2.75) is 59.7 Å². The Hall–Kier alpha value is -0.910. The van der Waals surface area contributed by atoms with Crippen LogP contribution in [0.25, 0.3) is 0 Å². The van der Waals surface area contributed by atoms with Crippen LogP contribution in [0.15, 0.2) is 0 Å². The zero-order valence-electron chi connectivity index (χ0n) is 14.6. The van der Waals surface area contributed by atoms with Gasteiger partial charge in [-0.2, -0.15) is 5.10 Å². The van der Waals surface area contributed by atoms with Crippen molar-refractivity contribution in [3.05, 3.63) is 17.0 Å². The van der Waals surface area contributed by atoms with Gasteiger partial charge in [0.15, 0.2) is 0 Å². The van der Waals surface area contributed by atoms with Crippen molar-refractivity contribution >= 4 is 0 Å². The van der Waals surface area contributed by atoms with Gasteiger partial charge in [0.2, 0.25) is 0 Å². The molecule has 1 atom stereocenters. The molecule has 1 aromatic heterocycles. The van der Waals surface area contributed by atoms with E-state index in [2.05, 4.69) is 43.0 Å². The van der Waals surface area contributed by atoms with Crippen molar-refractivity contribution in [2.75, 3.05) is 26.2 Å². The Labute approximate surface area is 134 Å². The molecule has 1 unspecified atom stereocenters. The fraction of sp³-hybridized carbons (Fsp3) is 0.824. The first-order valence-corrected chi connectivity index (χ1v) is 8.63. The second-order valence-electron chi connectivity index (χ2n) is 6.78. The first kappa shape index (κ1) is 17.4. The number of aromatic nitrogens is 2. The van der Waals surface area contributed by atoms with Crippen LogP contribution >= 0.6 is 0 Å². The van der Waals surface area contributed by atoms with Gasteiger partial charge in [-0.1, -0.05) is 13.8 Å². The van der Waals surface area contributed by atoms with Crippen LogP contribution in [0.4, 0.5) is 0 Å². The van der Waals surface area contributed by atoms with Crippen LogP contribution in [0.3, 0.4) is 0 Å². The summed E-state index contributed by atoms with van der Waals surface area (Å²) in [7, 11) is 0. The number of aryl methyl sites for hydroxylation is 1. The number of aliphatic hydroxyl groups is 1. The molecule has 5 nitrogen and oxygen atoms in total. The maximum absolute atomic E-state index is 9.09. The molecule has 1 fully saturated rings. The minimum absolute atomic E-state index is 0.138. The quantitative estimate of drug-likeness (QED) is 0.767. The van der Waals surface area contributed by atoms with Crippen molar-refractivity contribution < 1.29 is 5.11 Å². The Morgan fingerprint density at radius 3 is 2.50 bits per heavy atom. The Morgan fingerprint density at radius 2 is 1.91 bits per heavy atom. The summed E-state index contributed by atoms with van der Waals surface area (Å²) >= 11 is 0. The highest BCUT2D eigenvalue weighted by molar-refractivity contribution is 5.24. The third-order valence-electron chi connectivity index (χ3n) is 4.88. The number of likely N-dealkylation sites (tertiary alicyclic amines) is 1. The lowest BCUT2D eigenvalue weighted by Crippen LogP contribution is -2.44. The molecule has 5 heteroatoms. The molecule has 0 aromatic carbocycles. The van der Waals surface area contributed by atoms with Crippen LogP contribution < -0.4 is 5.32 Å². The van der Waals surface area contributed by atoms with E-state index in [9.17, 15) is 0 Å². The highest BCUT2D eigenvalue weighted by atomic mass is 16.3. The maximum atomic E-state index is 9.09. The SMILES string of the molecule is Cc1nn(CCO)c(C)c1CNCC(C(C)C)N1CCCC1. The highest BCUT2D eigenvalue weighted by Gasteiger charge is 2.24. The Bertz CT molecular complexity index is 463. The predicted octanol–water partition coefficient (Wildman–Crippen LogP) is 1.70. The molecule has 1 aliphatic heterocycles. The number of nitrogens with one attached hydrogen (secondary N) is 1. The van der Waals surface area contributed by atoms with Crippen molar-refractivity contribution in [2.24, 2.45) is 5.92 Å². The molecule has 2 N–H and O–H groups in total. The van der Waals surface area contributed by atoms with E-state index in [4.69, 9.17) is 5.11 Å². The van der Waals surface area contributed by atoms with Gasteiger partial charge in [-0.15, -0.1) is 0 Å². The zero-order valence-corrected chi connectivity index (χ0v) is 14.6. The number of rotatable bonds is 8. The molecular weight excluding hydrogens is 276 g/mol. The second-order valence-corrected chi connectivity index (χ2v) is 6.78. The lowest BCUT2D eigenvalue weighted by molar-refractivity contribution is 0.186. The van der Waals surface area contributed by atoms with Crippen LogP contribution in [-0.2, 0) is 13.1 Å². The lowest BCUT2D eigenvalue weighted by Gasteiger charge is -2.31. The molecule has 0 aliphatic carbocycles. The van der Waals surface area contributed by atoms with Crippen molar-refractivity contribution in [3.63, 3.8) is 0 Å². The third-order valence-corrected chi connectivity index (χ3v) is 4.88. The van der Waals surface area contributed by atoms with Gasteiger partial charge >= 0.3 is 0 Å². The van der Waals surface area contributed by atoms with E-state index >= 15 is 0 Å². The molecule has 2 rings (SSSR count). The topological polar surface area (TPSA) is 53.3 Å². The van der Waals surface area contributed by atoms with Crippen molar-refractivity contribution in [3.8, 4) is 0 Å². The Balaban J connectivity index is 1.91. The fourth-order valence-electron chi connectivity index (χ4n) is 3.51. The maximum Gasteiger partial charge on any atom is 0.0644 e. The number of nitrogens with zero attached hydrogens (tertiary/aromatic N) is 3. The lowest BCUT2D eigenvalue weighted by atomic mass is 10.0. The summed E-state index contributed by atoms with van der Waals surface area (Å²) in [6, 6.07) is 0.621. The molecule has 0 radical (unpaired) electrons. The van der Waals surface area contributed by atoms with E-state index in [1.54, 1.807) is 0 Å². The van der Waals surface area contributed by atoms with E-state index in [0.717, 1.165) is 18.8 Å². The Kier molecular flexibility index (Phi) is 6.41. The average molecular weight is 308 g/mol. The van der Waals surface area contributed by atoms with Gasteiger partial charge < -0.3 is 10.4 Å². The summed E-state index contributed by atoms with van der Waals surface area (Å²) in [6.45, 7) is 13.9. The van der Waals surface area contributed by atoms with Crippen LogP contribution in [0.1, 0.15) is 43.6 Å². The van der Waals surface area contributed by atoms with E-state index in [1.807, 2.05) is 4.68 Å². The monoisotopic (exact) mass is 308 g/mol. The smallest absolute Gasteiger partial charge is 0.0644 e. The van der Waals surface area contributed by atoms with Crippen LogP contribution in [-0.4, -0.2) is 52.1 Å². The Morgan fingerprint density at radius 1 is 1.23 bits per heavy atom. The van der Waals surface area contributed by atoms with Crippen LogP contribution in [0.2, 0.25) is 0 Å². The molecule has 126 valence electrons. The minimum Gasteiger partial charge on any atom is -0.394 e. The van der Waals surface area contributed by atoms with Gasteiger partial charge in [0, 0.05) is 30.4 Å². The summed E-state index contributed by atoms with van der Waals surface area (Å²) in [5.41, 5.74) is 3.51. The van der Waals surface area contributed by atoms with Gasteiger partial charge in [0.1, 0.15) is 0 Å². The molecule has 1 aliphatic rings. The summed E-state index contributed by atoms with van der Waals surface area (Å²) < 4.78 is 1.91. The summed E-state index contributed by atoms with van der Waals surface area (Å²) in [4.78, 5) is 2.63. The normalized spacial score (nSPS) is 17.5. The highest BCUT2D eigenvalue weighted by Crippen LogP contribution is 2.18. The van der Waals surface area contributed by atoms with E-state index in [-0.39, 0.29) is 6.61 Å². The van der Waals surface area contributed by atoms with Gasteiger partial charge in [-0.05, 0) is 45.7 Å². The average Bonchev–Trinajstić information content (AvgIpc) is 3.07. The standard InChI is InChI=1S/C17H32N4O/c1-13(2)17(20-7-5-6-8-20)12-18-11-16-14(3)19-21(9-10-22)15(16)4/h13,17-18,22H,5-12H2,1-4H3. The molecule has 1 aromatic rings. The molecule has 1 saturated heterocycles. The van der Waals surface area contributed by atoms with Gasteiger partial charge in [0.25, 0.3) is 0 Å². The van der Waals surface area contributed by atoms with Crippen LogP contribution in [0, 0.1) is 19.8 Å². The van der Waals surface area contributed by atoms with Crippen LogP contribution in [0.5, 0.6) is 0 Å². The van der Waals surface area contributed by atoms with Crippen molar-refractivity contribution in [1.29, 1.82) is 0 Å². The number of hydrogen-bond acceptors (Lipinski definition) is 4. The molecular formula is C17H32N4O. The van der Waals surface area contributed by atoms with Gasteiger partial charge in [-0.25, -0.2) is 0 Å². The fourth-order valence-corrected chi connectivity index (χ4v) is 3.51. The molecule has 2 heterocycles. The minimum atomic E-state index is 0.138. The van der Waals surface area contributed by atoms with E-state index in [0.29, 0.717) is 18.5 Å². The van der Waals surface area contributed by atoms with Gasteiger partial charge in [-0.3, -0.25) is 9.58 Å². The zero-order chi connectivity index (χ0) is 16.1. The summed E-state index contributed by atoms with van der Waals surface area (Å²) in [6.07, 6.45) is 2.69. The molecule has 22 heavy (non-hydrogen) atoms. The van der Waals surface area contributed by atoms with Crippen molar-refractivity contribution in [1.82, 2.24) is 20.0 Å². The van der Waals surface area contributed by atoms with E-state index < -0.39 is 0 Å². The second kappa shape index (κ2) is 8.09. The molecule has 0 spiro atoms. The third kappa shape index (κ3) is 4.09.